The van der Waals surface area contributed by atoms with Crippen molar-refractivity contribution in [3.05, 3.63) is 44.9 Å². The number of hydrogen-bond donors (Lipinski definition) is 1. The van der Waals surface area contributed by atoms with Crippen molar-refractivity contribution in [3.8, 4) is 0 Å². The van der Waals surface area contributed by atoms with Crippen molar-refractivity contribution < 1.29 is 9.34 Å². The van der Waals surface area contributed by atoms with E-state index in [1.165, 1.54) is 17.4 Å². The molecule has 0 fully saturated rings. The van der Waals surface area contributed by atoms with E-state index in [0.717, 1.165) is 4.88 Å². The zero-order valence-electron chi connectivity index (χ0n) is 9.57. The van der Waals surface area contributed by atoms with Crippen molar-refractivity contribution >= 4 is 34.1 Å². The van der Waals surface area contributed by atoms with Crippen LogP contribution in [0.3, 0.4) is 0 Å². The third-order valence-electron chi connectivity index (χ3n) is 2.49. The maximum atomic E-state index is 10.9. The van der Waals surface area contributed by atoms with Gasteiger partial charge in [-0.3, -0.25) is 15.1 Å². The highest BCUT2D eigenvalue weighted by molar-refractivity contribution is 7.09. The predicted molar refractivity (Wildman–Crippen MR) is 70.1 cm³/mol. The van der Waals surface area contributed by atoms with Gasteiger partial charge in [0.15, 0.2) is 11.1 Å². The maximum absolute atomic E-state index is 10.9. The summed E-state index contributed by atoms with van der Waals surface area (Å²) in [5.74, 6) is 0. The van der Waals surface area contributed by atoms with Crippen LogP contribution in [0.25, 0.3) is 11.1 Å². The zero-order chi connectivity index (χ0) is 13.2. The molecule has 2 heterocycles. The highest BCUT2D eigenvalue weighted by Gasteiger charge is 2.17. The molecule has 0 saturated carbocycles. The van der Waals surface area contributed by atoms with Gasteiger partial charge in [0.25, 0.3) is 11.7 Å². The first-order valence-corrected chi connectivity index (χ1v) is 6.27. The standard InChI is InChI=1S/C11H8N4O3S/c16-15(17)8-2-1-3-9-10(8)14-11(18-9)13-5-7-4-12-6-19-7/h1-4,6H,5H2,(H,13,14). The summed E-state index contributed by atoms with van der Waals surface area (Å²) < 4.78 is 5.41. The summed E-state index contributed by atoms with van der Waals surface area (Å²) in [4.78, 5) is 19.5. The van der Waals surface area contributed by atoms with Gasteiger partial charge in [0.1, 0.15) is 0 Å². The molecule has 0 aliphatic rings. The number of rotatable bonds is 4. The number of nitro benzene ring substituents is 1. The van der Waals surface area contributed by atoms with E-state index in [-0.39, 0.29) is 17.2 Å². The number of non-ortho nitro benzene ring substituents is 1. The van der Waals surface area contributed by atoms with E-state index < -0.39 is 4.92 Å². The molecule has 3 rings (SSSR count). The molecule has 0 atom stereocenters. The van der Waals surface area contributed by atoms with Crippen LogP contribution in [0.2, 0.25) is 0 Å². The van der Waals surface area contributed by atoms with Crippen LogP contribution in [0.4, 0.5) is 11.7 Å². The third-order valence-corrected chi connectivity index (χ3v) is 3.27. The average Bonchev–Trinajstić information content (AvgIpc) is 3.04. The second kappa shape index (κ2) is 4.65. The summed E-state index contributed by atoms with van der Waals surface area (Å²) in [7, 11) is 0. The highest BCUT2D eigenvalue weighted by atomic mass is 32.1. The smallest absolute Gasteiger partial charge is 0.298 e. The van der Waals surface area contributed by atoms with E-state index in [1.807, 2.05) is 0 Å². The van der Waals surface area contributed by atoms with Crippen LogP contribution in [0.15, 0.2) is 34.3 Å². The fourth-order valence-electron chi connectivity index (χ4n) is 1.65. The van der Waals surface area contributed by atoms with Crippen LogP contribution < -0.4 is 5.32 Å². The van der Waals surface area contributed by atoms with E-state index in [9.17, 15) is 10.1 Å². The van der Waals surface area contributed by atoms with Gasteiger partial charge in [0, 0.05) is 17.1 Å². The Labute approximate surface area is 111 Å². The van der Waals surface area contributed by atoms with Gasteiger partial charge in [-0.1, -0.05) is 6.07 Å². The molecule has 0 saturated heterocycles. The Morgan fingerprint density at radius 2 is 2.37 bits per heavy atom. The van der Waals surface area contributed by atoms with Crippen molar-refractivity contribution in [1.29, 1.82) is 0 Å². The van der Waals surface area contributed by atoms with E-state index in [1.54, 1.807) is 23.8 Å². The lowest BCUT2D eigenvalue weighted by Gasteiger charge is -1.96. The monoisotopic (exact) mass is 276 g/mol. The molecule has 96 valence electrons. The molecule has 0 bridgehead atoms. The molecule has 0 aliphatic heterocycles. The fourth-order valence-corrected chi connectivity index (χ4v) is 2.18. The molecular formula is C11H8N4O3S. The third kappa shape index (κ3) is 2.25. The minimum Gasteiger partial charge on any atom is -0.423 e. The lowest BCUT2D eigenvalue weighted by Crippen LogP contribution is -1.97. The number of fused-ring (bicyclic) bond motifs is 1. The molecule has 19 heavy (non-hydrogen) atoms. The summed E-state index contributed by atoms with van der Waals surface area (Å²) >= 11 is 1.51. The minimum atomic E-state index is -0.474. The second-order valence-electron chi connectivity index (χ2n) is 3.72. The van der Waals surface area contributed by atoms with Crippen molar-refractivity contribution in [3.63, 3.8) is 0 Å². The zero-order valence-corrected chi connectivity index (χ0v) is 10.4. The number of aromatic nitrogens is 2. The number of nitrogens with zero attached hydrogens (tertiary/aromatic N) is 3. The quantitative estimate of drug-likeness (QED) is 0.581. The molecule has 0 amide bonds. The van der Waals surface area contributed by atoms with E-state index in [2.05, 4.69) is 15.3 Å². The number of anilines is 1. The Balaban J connectivity index is 1.89. The van der Waals surface area contributed by atoms with Crippen molar-refractivity contribution in [2.45, 2.75) is 6.54 Å². The summed E-state index contributed by atoms with van der Waals surface area (Å²) in [6.45, 7) is 0.519. The average molecular weight is 276 g/mol. The van der Waals surface area contributed by atoms with Gasteiger partial charge < -0.3 is 9.73 Å². The molecule has 1 N–H and O–H groups in total. The molecule has 0 unspecified atom stereocenters. The first-order chi connectivity index (χ1) is 9.24. The number of nitro groups is 1. The first kappa shape index (κ1) is 11.6. The predicted octanol–water partition coefficient (Wildman–Crippen LogP) is 2.80. The van der Waals surface area contributed by atoms with E-state index in [0.29, 0.717) is 12.1 Å². The van der Waals surface area contributed by atoms with Crippen LogP contribution in [0.5, 0.6) is 0 Å². The fraction of sp³-hybridized carbons (Fsp3) is 0.0909. The molecule has 7 nitrogen and oxygen atoms in total. The van der Waals surface area contributed by atoms with Crippen molar-refractivity contribution in [2.24, 2.45) is 0 Å². The van der Waals surface area contributed by atoms with Crippen LogP contribution in [0.1, 0.15) is 4.88 Å². The molecule has 0 radical (unpaired) electrons. The second-order valence-corrected chi connectivity index (χ2v) is 4.69. The molecule has 0 aliphatic carbocycles. The Hall–Kier alpha value is -2.48. The lowest BCUT2D eigenvalue weighted by atomic mass is 10.3. The number of nitrogens with one attached hydrogen (secondary N) is 1. The molecule has 8 heteroatoms. The van der Waals surface area contributed by atoms with Crippen LogP contribution in [-0.2, 0) is 6.54 Å². The number of hydrogen-bond acceptors (Lipinski definition) is 7. The van der Waals surface area contributed by atoms with Gasteiger partial charge in [0.05, 0.1) is 17.0 Å². The lowest BCUT2D eigenvalue weighted by molar-refractivity contribution is -0.383. The highest BCUT2D eigenvalue weighted by Crippen LogP contribution is 2.27. The molecule has 0 spiro atoms. The Bertz CT molecular complexity index is 723. The normalized spacial score (nSPS) is 10.7. The van der Waals surface area contributed by atoms with Gasteiger partial charge in [0.2, 0.25) is 0 Å². The maximum Gasteiger partial charge on any atom is 0.298 e. The summed E-state index contributed by atoms with van der Waals surface area (Å²) in [5.41, 5.74) is 2.31. The van der Waals surface area contributed by atoms with Crippen molar-refractivity contribution in [1.82, 2.24) is 9.97 Å². The van der Waals surface area contributed by atoms with Crippen LogP contribution >= 0.6 is 11.3 Å². The number of para-hydroxylation sites is 1. The molecular weight excluding hydrogens is 268 g/mol. The molecule has 1 aromatic carbocycles. The number of oxazole rings is 1. The van der Waals surface area contributed by atoms with Gasteiger partial charge in [-0.25, -0.2) is 0 Å². The van der Waals surface area contributed by atoms with E-state index in [4.69, 9.17) is 4.42 Å². The van der Waals surface area contributed by atoms with Crippen molar-refractivity contribution in [2.75, 3.05) is 5.32 Å². The largest absolute Gasteiger partial charge is 0.423 e. The summed E-state index contributed by atoms with van der Waals surface area (Å²) in [6.07, 6.45) is 1.74. The first-order valence-electron chi connectivity index (χ1n) is 5.39. The van der Waals surface area contributed by atoms with Gasteiger partial charge in [-0.05, 0) is 6.07 Å². The summed E-state index contributed by atoms with van der Waals surface area (Å²) in [6, 6.07) is 4.88. The van der Waals surface area contributed by atoms with E-state index >= 15 is 0 Å². The van der Waals surface area contributed by atoms with Gasteiger partial charge in [-0.2, -0.15) is 4.98 Å². The molecule has 2 aromatic heterocycles. The van der Waals surface area contributed by atoms with Gasteiger partial charge >= 0.3 is 0 Å². The Kier molecular flexibility index (Phi) is 2.84. The minimum absolute atomic E-state index is 0.0629. The Morgan fingerprint density at radius 1 is 1.47 bits per heavy atom. The SMILES string of the molecule is O=[N+]([O-])c1cccc2oc(NCc3cncs3)nc12. The number of benzene rings is 1. The number of thiazole rings is 1. The van der Waals surface area contributed by atoms with Crippen LogP contribution in [-0.4, -0.2) is 14.9 Å². The summed E-state index contributed by atoms with van der Waals surface area (Å²) in [5, 5.41) is 13.8. The van der Waals surface area contributed by atoms with Gasteiger partial charge in [-0.15, -0.1) is 11.3 Å². The van der Waals surface area contributed by atoms with Crippen LogP contribution in [0, 0.1) is 10.1 Å². The topological polar surface area (TPSA) is 94.1 Å². The molecule has 3 aromatic rings. The Morgan fingerprint density at radius 3 is 3.11 bits per heavy atom.